The van der Waals surface area contributed by atoms with Crippen molar-refractivity contribution in [2.24, 2.45) is 11.3 Å². The summed E-state index contributed by atoms with van der Waals surface area (Å²) < 4.78 is 1.39. The van der Waals surface area contributed by atoms with Crippen molar-refractivity contribution in [1.29, 1.82) is 0 Å². The second-order valence-electron chi connectivity index (χ2n) is 5.83. The highest BCUT2D eigenvalue weighted by atomic mass is 16.2. The zero-order valence-electron chi connectivity index (χ0n) is 10.2. The summed E-state index contributed by atoms with van der Waals surface area (Å²) in [6.45, 7) is 2.35. The van der Waals surface area contributed by atoms with Gasteiger partial charge in [0.1, 0.15) is 0 Å². The molecule has 1 aromatic rings. The Bertz CT molecular complexity index is 516. The Labute approximate surface area is 99.7 Å². The molecule has 1 N–H and O–H groups in total. The molecule has 2 aliphatic rings. The maximum absolute atomic E-state index is 11.9. The maximum Gasteiger partial charge on any atom is 0.328 e. The van der Waals surface area contributed by atoms with Gasteiger partial charge in [-0.3, -0.25) is 9.36 Å². The van der Waals surface area contributed by atoms with Crippen molar-refractivity contribution in [1.82, 2.24) is 9.55 Å². The van der Waals surface area contributed by atoms with E-state index in [4.69, 9.17) is 0 Å². The predicted molar refractivity (Wildman–Crippen MR) is 65.1 cm³/mol. The number of aromatic nitrogens is 2. The Morgan fingerprint density at radius 3 is 2.65 bits per heavy atom. The van der Waals surface area contributed by atoms with E-state index in [1.807, 2.05) is 0 Å². The molecular formula is C13H18N2O2. The molecule has 0 spiro atoms. The van der Waals surface area contributed by atoms with Gasteiger partial charge in [0, 0.05) is 18.3 Å². The Kier molecular flexibility index (Phi) is 2.28. The lowest BCUT2D eigenvalue weighted by Crippen LogP contribution is -2.39. The van der Waals surface area contributed by atoms with E-state index in [0.717, 1.165) is 5.92 Å². The zero-order chi connectivity index (χ0) is 12.0. The van der Waals surface area contributed by atoms with Crippen LogP contribution in [0, 0.1) is 18.3 Å². The molecule has 2 bridgehead atoms. The Morgan fingerprint density at radius 2 is 2.12 bits per heavy atom. The maximum atomic E-state index is 11.9. The van der Waals surface area contributed by atoms with Gasteiger partial charge < -0.3 is 4.98 Å². The van der Waals surface area contributed by atoms with Gasteiger partial charge in [-0.25, -0.2) is 4.79 Å². The van der Waals surface area contributed by atoms with Crippen LogP contribution in [0.4, 0.5) is 0 Å². The molecule has 4 heteroatoms. The minimum absolute atomic E-state index is 0.157. The first kappa shape index (κ1) is 10.8. The molecule has 0 unspecified atom stereocenters. The quantitative estimate of drug-likeness (QED) is 0.841. The van der Waals surface area contributed by atoms with Crippen LogP contribution in [-0.4, -0.2) is 9.55 Å². The number of aryl methyl sites for hydroxylation is 1. The van der Waals surface area contributed by atoms with Crippen molar-refractivity contribution in [3.8, 4) is 0 Å². The first-order valence-corrected chi connectivity index (χ1v) is 6.39. The van der Waals surface area contributed by atoms with Crippen LogP contribution in [0.25, 0.3) is 0 Å². The van der Waals surface area contributed by atoms with E-state index in [9.17, 15) is 9.59 Å². The minimum Gasteiger partial charge on any atom is -0.311 e. The molecule has 0 aromatic carbocycles. The van der Waals surface area contributed by atoms with Crippen molar-refractivity contribution in [2.45, 2.75) is 45.6 Å². The summed E-state index contributed by atoms with van der Waals surface area (Å²) in [7, 11) is 0. The van der Waals surface area contributed by atoms with Crippen molar-refractivity contribution in [2.75, 3.05) is 0 Å². The number of fused-ring (bicyclic) bond motifs is 2. The van der Waals surface area contributed by atoms with Gasteiger partial charge in [-0.15, -0.1) is 0 Å². The zero-order valence-corrected chi connectivity index (χ0v) is 10.2. The second kappa shape index (κ2) is 3.59. The molecule has 0 amide bonds. The summed E-state index contributed by atoms with van der Waals surface area (Å²) in [5.74, 6) is 0.843. The van der Waals surface area contributed by atoms with E-state index in [1.54, 1.807) is 6.92 Å². The SMILES string of the molecule is Cc1cc(=O)n(CC23CCC(CC2)C3)c(=O)[nH]1. The van der Waals surface area contributed by atoms with Gasteiger partial charge in [0.2, 0.25) is 0 Å². The van der Waals surface area contributed by atoms with E-state index in [0.29, 0.717) is 12.2 Å². The van der Waals surface area contributed by atoms with E-state index in [1.165, 1.54) is 42.7 Å². The Balaban J connectivity index is 1.96. The Hall–Kier alpha value is -1.32. The van der Waals surface area contributed by atoms with E-state index >= 15 is 0 Å². The molecule has 3 rings (SSSR count). The van der Waals surface area contributed by atoms with Gasteiger partial charge in [0.25, 0.3) is 5.56 Å². The number of hydrogen-bond donors (Lipinski definition) is 1. The first-order chi connectivity index (χ1) is 8.08. The highest BCUT2D eigenvalue weighted by Gasteiger charge is 2.45. The van der Waals surface area contributed by atoms with Gasteiger partial charge in [-0.05, 0) is 50.4 Å². The van der Waals surface area contributed by atoms with Crippen LogP contribution >= 0.6 is 0 Å². The molecule has 2 saturated carbocycles. The third-order valence-electron chi connectivity index (χ3n) is 4.54. The lowest BCUT2D eigenvalue weighted by molar-refractivity contribution is 0.241. The lowest BCUT2D eigenvalue weighted by atomic mass is 9.84. The van der Waals surface area contributed by atoms with Crippen LogP contribution in [0.5, 0.6) is 0 Å². The van der Waals surface area contributed by atoms with Crippen LogP contribution in [0.3, 0.4) is 0 Å². The summed E-state index contributed by atoms with van der Waals surface area (Å²) >= 11 is 0. The van der Waals surface area contributed by atoms with Gasteiger partial charge in [0.05, 0.1) is 0 Å². The van der Waals surface area contributed by atoms with Crippen molar-refractivity contribution in [3.63, 3.8) is 0 Å². The second-order valence-corrected chi connectivity index (χ2v) is 5.83. The number of nitrogens with one attached hydrogen (secondary N) is 1. The largest absolute Gasteiger partial charge is 0.328 e. The Morgan fingerprint density at radius 1 is 1.41 bits per heavy atom. The normalized spacial score (nSPS) is 31.0. The molecule has 0 radical (unpaired) electrons. The molecule has 0 aliphatic heterocycles. The number of hydrogen-bond acceptors (Lipinski definition) is 2. The van der Waals surface area contributed by atoms with E-state index in [2.05, 4.69) is 4.98 Å². The van der Waals surface area contributed by atoms with Gasteiger partial charge in [-0.1, -0.05) is 0 Å². The fraction of sp³-hybridized carbons (Fsp3) is 0.692. The highest BCUT2D eigenvalue weighted by molar-refractivity contribution is 5.00. The van der Waals surface area contributed by atoms with Crippen LogP contribution in [0.1, 0.15) is 37.8 Å². The van der Waals surface area contributed by atoms with Crippen molar-refractivity contribution >= 4 is 0 Å². The third kappa shape index (κ3) is 1.75. The summed E-state index contributed by atoms with van der Waals surface area (Å²) in [5, 5.41) is 0. The monoisotopic (exact) mass is 234 g/mol. The van der Waals surface area contributed by atoms with Crippen LogP contribution in [0.2, 0.25) is 0 Å². The van der Waals surface area contributed by atoms with Gasteiger partial charge >= 0.3 is 5.69 Å². The molecule has 92 valence electrons. The van der Waals surface area contributed by atoms with Crippen LogP contribution in [-0.2, 0) is 6.54 Å². The van der Waals surface area contributed by atoms with Gasteiger partial charge in [-0.2, -0.15) is 0 Å². The molecule has 0 atom stereocenters. The average molecular weight is 234 g/mol. The number of rotatable bonds is 2. The molecule has 0 saturated heterocycles. The molecule has 17 heavy (non-hydrogen) atoms. The fourth-order valence-corrected chi connectivity index (χ4v) is 3.65. The highest BCUT2D eigenvalue weighted by Crippen LogP contribution is 2.54. The number of aromatic amines is 1. The van der Waals surface area contributed by atoms with Gasteiger partial charge in [0.15, 0.2) is 0 Å². The standard InChI is InChI=1S/C13H18N2O2/c1-9-6-11(16)15(12(17)14-9)8-13-4-2-10(7-13)3-5-13/h6,10H,2-5,7-8H2,1H3,(H,14,17). The molecule has 2 aliphatic carbocycles. The van der Waals surface area contributed by atoms with E-state index in [-0.39, 0.29) is 16.7 Å². The van der Waals surface area contributed by atoms with E-state index < -0.39 is 0 Å². The molecule has 4 nitrogen and oxygen atoms in total. The third-order valence-corrected chi connectivity index (χ3v) is 4.54. The smallest absolute Gasteiger partial charge is 0.311 e. The first-order valence-electron chi connectivity index (χ1n) is 6.39. The van der Waals surface area contributed by atoms with Crippen LogP contribution < -0.4 is 11.2 Å². The fourth-order valence-electron chi connectivity index (χ4n) is 3.65. The molecule has 2 fully saturated rings. The minimum atomic E-state index is -0.250. The predicted octanol–water partition coefficient (Wildman–Crippen LogP) is 1.43. The molecular weight excluding hydrogens is 216 g/mol. The lowest BCUT2D eigenvalue weighted by Gasteiger charge is -2.26. The molecule has 1 aromatic heterocycles. The summed E-state index contributed by atoms with van der Waals surface area (Å²) in [6, 6.07) is 1.51. The summed E-state index contributed by atoms with van der Waals surface area (Å²) in [4.78, 5) is 26.4. The van der Waals surface area contributed by atoms with Crippen molar-refractivity contribution in [3.05, 3.63) is 32.6 Å². The summed E-state index contributed by atoms with van der Waals surface area (Å²) in [5.41, 5.74) is 0.469. The number of H-pyrrole nitrogens is 1. The average Bonchev–Trinajstić information content (AvgIpc) is 2.83. The van der Waals surface area contributed by atoms with Crippen LogP contribution in [0.15, 0.2) is 15.7 Å². The number of nitrogens with zero attached hydrogens (tertiary/aromatic N) is 1. The molecule has 1 heterocycles. The topological polar surface area (TPSA) is 54.9 Å². The summed E-state index contributed by atoms with van der Waals surface area (Å²) in [6.07, 6.45) is 6.11. The van der Waals surface area contributed by atoms with Crippen molar-refractivity contribution < 1.29 is 0 Å².